The van der Waals surface area contributed by atoms with Crippen molar-refractivity contribution in [3.8, 4) is 16.9 Å². The Hall–Kier alpha value is -1.53. The Labute approximate surface area is 160 Å². The maximum absolute atomic E-state index is 6.20. The molecule has 4 rings (SSSR count). The summed E-state index contributed by atoms with van der Waals surface area (Å²) in [6.45, 7) is 0.984. The minimum absolute atomic E-state index is 0.742. The zero-order chi connectivity index (χ0) is 16.5. The zero-order valence-corrected chi connectivity index (χ0v) is 16.0. The monoisotopic (exact) mass is 449 g/mol. The van der Waals surface area contributed by atoms with E-state index in [1.807, 2.05) is 22.9 Å². The first-order valence-corrected chi connectivity index (χ1v) is 9.56. The van der Waals surface area contributed by atoms with Gasteiger partial charge in [-0.1, -0.05) is 23.7 Å². The van der Waals surface area contributed by atoms with E-state index in [0.29, 0.717) is 0 Å². The molecule has 3 aromatic rings. The lowest BCUT2D eigenvalue weighted by atomic mass is 10.0. The number of rotatable bonds is 2. The summed E-state index contributed by atoms with van der Waals surface area (Å²) in [5.41, 5.74) is 4.47. The molecule has 0 saturated heterocycles. The van der Waals surface area contributed by atoms with Crippen molar-refractivity contribution in [2.45, 2.75) is 19.3 Å². The molecule has 5 heteroatoms. The number of nitrogens with zero attached hydrogens (tertiary/aromatic N) is 2. The summed E-state index contributed by atoms with van der Waals surface area (Å²) in [6, 6.07) is 16.4. The van der Waals surface area contributed by atoms with Gasteiger partial charge in [0.25, 0.3) is 0 Å². The summed E-state index contributed by atoms with van der Waals surface area (Å²) >= 11 is 8.52. The van der Waals surface area contributed by atoms with Crippen molar-refractivity contribution in [3.63, 3.8) is 0 Å². The number of fused-ring (bicyclic) bond motifs is 1. The molecule has 24 heavy (non-hydrogen) atoms. The third-order valence-electron chi connectivity index (χ3n) is 4.30. The van der Waals surface area contributed by atoms with E-state index in [1.54, 1.807) is 0 Å². The molecule has 3 nitrogen and oxygen atoms in total. The van der Waals surface area contributed by atoms with Crippen LogP contribution < -0.4 is 5.32 Å². The van der Waals surface area contributed by atoms with Crippen molar-refractivity contribution in [2.24, 2.45) is 0 Å². The Morgan fingerprint density at radius 3 is 2.71 bits per heavy atom. The molecule has 0 amide bonds. The van der Waals surface area contributed by atoms with Gasteiger partial charge in [0.05, 0.1) is 11.4 Å². The second-order valence-corrected chi connectivity index (χ2v) is 7.64. The Bertz CT molecular complexity index is 871. The minimum Gasteiger partial charge on any atom is -0.370 e. The first-order valence-electron chi connectivity index (χ1n) is 8.10. The molecule has 0 radical (unpaired) electrons. The van der Waals surface area contributed by atoms with E-state index in [0.717, 1.165) is 40.8 Å². The fraction of sp³-hybridized carbons (Fsp3) is 0.211. The normalized spacial score (nSPS) is 13.9. The van der Waals surface area contributed by atoms with Crippen LogP contribution in [0.4, 0.5) is 5.82 Å². The van der Waals surface area contributed by atoms with Crippen molar-refractivity contribution in [2.75, 3.05) is 11.9 Å². The molecule has 0 fully saturated rings. The quantitative estimate of drug-likeness (QED) is 0.520. The lowest BCUT2D eigenvalue weighted by Gasteiger charge is -2.09. The van der Waals surface area contributed by atoms with Crippen LogP contribution in [0, 0.1) is 3.57 Å². The van der Waals surface area contributed by atoms with Gasteiger partial charge < -0.3 is 5.32 Å². The molecule has 0 saturated carbocycles. The van der Waals surface area contributed by atoms with Crippen LogP contribution in [0.1, 0.15) is 18.4 Å². The Kier molecular flexibility index (Phi) is 4.50. The Morgan fingerprint density at radius 1 is 1.08 bits per heavy atom. The van der Waals surface area contributed by atoms with Crippen molar-refractivity contribution < 1.29 is 0 Å². The molecule has 122 valence electrons. The van der Waals surface area contributed by atoms with Crippen LogP contribution in [0.25, 0.3) is 16.9 Å². The molecule has 0 bridgehead atoms. The maximum atomic E-state index is 6.20. The standard InChI is InChI=1S/C19H17ClIN3/c20-14-5-3-4-13(12-14)18-17-6-1-2-11-22-19(17)24(23-18)16-9-7-15(21)8-10-16/h3-5,7-10,12,22H,1-2,6,11H2. The average molecular weight is 450 g/mol. The van der Waals surface area contributed by atoms with Gasteiger partial charge in [-0.15, -0.1) is 0 Å². The topological polar surface area (TPSA) is 29.9 Å². The third kappa shape index (κ3) is 3.05. The molecule has 1 aliphatic heterocycles. The molecule has 1 aliphatic rings. The molecule has 0 spiro atoms. The molecule has 2 heterocycles. The summed E-state index contributed by atoms with van der Waals surface area (Å²) in [5.74, 6) is 1.11. The van der Waals surface area contributed by atoms with Crippen molar-refractivity contribution in [1.82, 2.24) is 9.78 Å². The Morgan fingerprint density at radius 2 is 1.92 bits per heavy atom. The van der Waals surface area contributed by atoms with Gasteiger partial charge >= 0.3 is 0 Å². The van der Waals surface area contributed by atoms with E-state index in [9.17, 15) is 0 Å². The van der Waals surface area contributed by atoms with Gasteiger partial charge in [0.2, 0.25) is 0 Å². The van der Waals surface area contributed by atoms with E-state index in [2.05, 4.69) is 58.2 Å². The fourth-order valence-corrected chi connectivity index (χ4v) is 3.69. The van der Waals surface area contributed by atoms with Gasteiger partial charge in [0.15, 0.2) is 0 Å². The largest absolute Gasteiger partial charge is 0.370 e. The van der Waals surface area contributed by atoms with E-state index >= 15 is 0 Å². The highest BCUT2D eigenvalue weighted by Crippen LogP contribution is 2.34. The number of halogens is 2. The molecule has 1 aromatic heterocycles. The smallest absolute Gasteiger partial charge is 0.133 e. The van der Waals surface area contributed by atoms with Crippen LogP contribution in [0.2, 0.25) is 5.02 Å². The Balaban J connectivity index is 1.90. The number of anilines is 1. The number of nitrogens with one attached hydrogen (secondary N) is 1. The van der Waals surface area contributed by atoms with Crippen molar-refractivity contribution in [3.05, 3.63) is 62.7 Å². The summed E-state index contributed by atoms with van der Waals surface area (Å²) in [7, 11) is 0. The lowest BCUT2D eigenvalue weighted by Crippen LogP contribution is -2.07. The maximum Gasteiger partial charge on any atom is 0.133 e. The van der Waals surface area contributed by atoms with Crippen LogP contribution in [-0.4, -0.2) is 16.3 Å². The fourth-order valence-electron chi connectivity index (χ4n) is 3.14. The predicted molar refractivity (Wildman–Crippen MR) is 108 cm³/mol. The summed E-state index contributed by atoms with van der Waals surface area (Å²) in [4.78, 5) is 0. The van der Waals surface area contributed by atoms with Gasteiger partial charge in [0.1, 0.15) is 5.82 Å². The van der Waals surface area contributed by atoms with E-state index < -0.39 is 0 Å². The van der Waals surface area contributed by atoms with Crippen LogP contribution in [-0.2, 0) is 6.42 Å². The van der Waals surface area contributed by atoms with Gasteiger partial charge in [-0.25, -0.2) is 4.68 Å². The highest BCUT2D eigenvalue weighted by molar-refractivity contribution is 14.1. The second kappa shape index (κ2) is 6.76. The van der Waals surface area contributed by atoms with E-state index in [1.165, 1.54) is 22.0 Å². The summed E-state index contributed by atoms with van der Waals surface area (Å²) < 4.78 is 3.25. The summed E-state index contributed by atoms with van der Waals surface area (Å²) in [5, 5.41) is 9.26. The summed E-state index contributed by atoms with van der Waals surface area (Å²) in [6.07, 6.45) is 3.39. The first-order chi connectivity index (χ1) is 11.7. The van der Waals surface area contributed by atoms with Gasteiger partial charge in [0, 0.05) is 26.3 Å². The third-order valence-corrected chi connectivity index (χ3v) is 5.25. The number of hydrogen-bond acceptors (Lipinski definition) is 2. The minimum atomic E-state index is 0.742. The SMILES string of the molecule is Clc1cccc(-c2nn(-c3ccc(I)cc3)c3c2CCCCN3)c1. The van der Waals surface area contributed by atoms with E-state index in [-0.39, 0.29) is 0 Å². The van der Waals surface area contributed by atoms with Gasteiger partial charge in [-0.2, -0.15) is 5.10 Å². The first kappa shape index (κ1) is 16.0. The van der Waals surface area contributed by atoms with Crippen LogP contribution in [0.5, 0.6) is 0 Å². The predicted octanol–water partition coefficient (Wildman–Crippen LogP) is 5.55. The molecular formula is C19H17ClIN3. The highest BCUT2D eigenvalue weighted by atomic mass is 127. The second-order valence-electron chi connectivity index (χ2n) is 5.96. The number of aromatic nitrogens is 2. The molecular weight excluding hydrogens is 433 g/mol. The molecule has 0 aliphatic carbocycles. The number of benzene rings is 2. The number of hydrogen-bond donors (Lipinski definition) is 1. The molecule has 0 atom stereocenters. The van der Waals surface area contributed by atoms with Gasteiger partial charge in [-0.05, 0) is 78.3 Å². The molecule has 1 N–H and O–H groups in total. The lowest BCUT2D eigenvalue weighted by molar-refractivity contribution is 0.780. The van der Waals surface area contributed by atoms with E-state index in [4.69, 9.17) is 16.7 Å². The highest BCUT2D eigenvalue weighted by Gasteiger charge is 2.21. The van der Waals surface area contributed by atoms with Crippen LogP contribution >= 0.6 is 34.2 Å². The van der Waals surface area contributed by atoms with Crippen LogP contribution in [0.3, 0.4) is 0 Å². The molecule has 2 aromatic carbocycles. The van der Waals surface area contributed by atoms with Gasteiger partial charge in [-0.3, -0.25) is 0 Å². The van der Waals surface area contributed by atoms with Crippen molar-refractivity contribution >= 4 is 40.0 Å². The van der Waals surface area contributed by atoms with Crippen molar-refractivity contribution in [1.29, 1.82) is 0 Å². The molecule has 0 unspecified atom stereocenters. The average Bonchev–Trinajstić information content (AvgIpc) is 2.77. The van der Waals surface area contributed by atoms with Crippen LogP contribution in [0.15, 0.2) is 48.5 Å². The zero-order valence-electron chi connectivity index (χ0n) is 13.1.